The third-order valence-electron chi connectivity index (χ3n) is 4.75. The molecule has 0 aliphatic rings. The number of nitrogens with zero attached hydrogens (tertiary/aromatic N) is 2. The fourth-order valence-electron chi connectivity index (χ4n) is 3.15. The lowest BCUT2D eigenvalue weighted by atomic mass is 10.2. The summed E-state index contributed by atoms with van der Waals surface area (Å²) in [7, 11) is 0. The summed E-state index contributed by atoms with van der Waals surface area (Å²) in [5.41, 5.74) is 1.31. The van der Waals surface area contributed by atoms with Crippen LogP contribution in [-0.4, -0.2) is 30.5 Å². The Labute approximate surface area is 174 Å². The number of para-hydroxylation sites is 1. The molecule has 1 amide bonds. The van der Waals surface area contributed by atoms with E-state index < -0.39 is 11.6 Å². The number of amides is 1. The first-order valence-corrected chi connectivity index (χ1v) is 10.0. The molecular weight excluding hydrogens is 388 g/mol. The van der Waals surface area contributed by atoms with Gasteiger partial charge in [-0.3, -0.25) is 4.79 Å². The van der Waals surface area contributed by atoms with Crippen molar-refractivity contribution < 1.29 is 18.0 Å². The molecule has 0 saturated carbocycles. The number of aryl methyl sites for hydroxylation is 1. The molecule has 1 heterocycles. The number of carbonyl (C=O) groups is 1. The standard InChI is InChI=1S/C23H25F2N3O2/c1-2-28(18-7-4-3-5-8-18)14-6-13-26-22(29)11-12-23-27-16-21(30-23)19-10-9-17(24)15-20(19)25/h3-5,7-10,15-16H,2,6,11-14H2,1H3,(H,26,29). The van der Waals surface area contributed by atoms with Crippen LogP contribution in [0.15, 0.2) is 59.1 Å². The number of hydrogen-bond acceptors (Lipinski definition) is 4. The maximum absolute atomic E-state index is 13.8. The maximum Gasteiger partial charge on any atom is 0.220 e. The number of halogens is 2. The number of hydrogen-bond donors (Lipinski definition) is 1. The molecule has 0 unspecified atom stereocenters. The molecule has 0 radical (unpaired) electrons. The lowest BCUT2D eigenvalue weighted by Gasteiger charge is -2.23. The Morgan fingerprint density at radius 1 is 1.17 bits per heavy atom. The zero-order valence-electron chi connectivity index (χ0n) is 16.9. The quantitative estimate of drug-likeness (QED) is 0.494. The van der Waals surface area contributed by atoms with Gasteiger partial charge in [-0.05, 0) is 37.6 Å². The van der Waals surface area contributed by atoms with E-state index in [4.69, 9.17) is 4.42 Å². The number of rotatable bonds is 10. The minimum Gasteiger partial charge on any atom is -0.441 e. The van der Waals surface area contributed by atoms with Crippen molar-refractivity contribution in [2.75, 3.05) is 24.5 Å². The van der Waals surface area contributed by atoms with Crippen LogP contribution in [0.25, 0.3) is 11.3 Å². The summed E-state index contributed by atoms with van der Waals surface area (Å²) in [4.78, 5) is 18.4. The van der Waals surface area contributed by atoms with E-state index in [-0.39, 0.29) is 23.7 Å². The monoisotopic (exact) mass is 413 g/mol. The minimum atomic E-state index is -0.716. The Bertz CT molecular complexity index is 960. The summed E-state index contributed by atoms with van der Waals surface area (Å²) < 4.78 is 32.4. The van der Waals surface area contributed by atoms with Crippen molar-refractivity contribution in [3.05, 3.63) is 72.3 Å². The molecule has 2 aromatic carbocycles. The fraction of sp³-hybridized carbons (Fsp3) is 0.304. The van der Waals surface area contributed by atoms with Crippen LogP contribution in [-0.2, 0) is 11.2 Å². The Morgan fingerprint density at radius 3 is 2.70 bits per heavy atom. The minimum absolute atomic E-state index is 0.0922. The molecule has 158 valence electrons. The van der Waals surface area contributed by atoms with Gasteiger partial charge in [0, 0.05) is 44.2 Å². The zero-order chi connectivity index (χ0) is 21.3. The van der Waals surface area contributed by atoms with Gasteiger partial charge in [0.25, 0.3) is 0 Å². The van der Waals surface area contributed by atoms with Crippen molar-refractivity contribution in [1.82, 2.24) is 10.3 Å². The summed E-state index contributed by atoms with van der Waals surface area (Å²) in [6.07, 6.45) is 2.75. The van der Waals surface area contributed by atoms with Crippen molar-refractivity contribution in [1.29, 1.82) is 0 Å². The molecule has 3 aromatic rings. The highest BCUT2D eigenvalue weighted by Gasteiger charge is 2.13. The molecule has 0 spiro atoms. The van der Waals surface area contributed by atoms with E-state index >= 15 is 0 Å². The van der Waals surface area contributed by atoms with Gasteiger partial charge in [-0.25, -0.2) is 13.8 Å². The summed E-state index contributed by atoms with van der Waals surface area (Å²) >= 11 is 0. The lowest BCUT2D eigenvalue weighted by molar-refractivity contribution is -0.121. The van der Waals surface area contributed by atoms with Gasteiger partial charge in [0.2, 0.25) is 5.91 Å². The first-order chi connectivity index (χ1) is 14.6. The predicted octanol–water partition coefficient (Wildman–Crippen LogP) is 4.59. The van der Waals surface area contributed by atoms with E-state index in [1.54, 1.807) is 0 Å². The maximum atomic E-state index is 13.8. The van der Waals surface area contributed by atoms with Gasteiger partial charge in [0.1, 0.15) is 11.6 Å². The highest BCUT2D eigenvalue weighted by molar-refractivity contribution is 5.76. The lowest BCUT2D eigenvalue weighted by Crippen LogP contribution is -2.30. The summed E-state index contributed by atoms with van der Waals surface area (Å²) in [6, 6.07) is 13.4. The van der Waals surface area contributed by atoms with Crippen LogP contribution in [0.5, 0.6) is 0 Å². The average Bonchev–Trinajstić information content (AvgIpc) is 3.21. The second-order valence-corrected chi connectivity index (χ2v) is 6.86. The van der Waals surface area contributed by atoms with Crippen molar-refractivity contribution in [3.63, 3.8) is 0 Å². The van der Waals surface area contributed by atoms with Gasteiger partial charge in [0.15, 0.2) is 11.7 Å². The van der Waals surface area contributed by atoms with Gasteiger partial charge in [-0.1, -0.05) is 18.2 Å². The number of benzene rings is 2. The Morgan fingerprint density at radius 2 is 1.97 bits per heavy atom. The van der Waals surface area contributed by atoms with Gasteiger partial charge < -0.3 is 14.6 Å². The van der Waals surface area contributed by atoms with Crippen LogP contribution in [0.3, 0.4) is 0 Å². The van der Waals surface area contributed by atoms with Gasteiger partial charge in [-0.15, -0.1) is 0 Å². The number of anilines is 1. The van der Waals surface area contributed by atoms with Gasteiger partial charge in [0.05, 0.1) is 11.8 Å². The van der Waals surface area contributed by atoms with E-state index in [0.717, 1.165) is 31.6 Å². The van der Waals surface area contributed by atoms with Gasteiger partial charge >= 0.3 is 0 Å². The molecule has 7 heteroatoms. The number of carbonyl (C=O) groups excluding carboxylic acids is 1. The predicted molar refractivity (Wildman–Crippen MR) is 112 cm³/mol. The first kappa shape index (κ1) is 21.5. The van der Waals surface area contributed by atoms with Crippen molar-refractivity contribution in [2.45, 2.75) is 26.2 Å². The van der Waals surface area contributed by atoms with E-state index in [2.05, 4.69) is 34.3 Å². The Kier molecular flexibility index (Phi) is 7.54. The number of aromatic nitrogens is 1. The van der Waals surface area contributed by atoms with E-state index in [9.17, 15) is 13.6 Å². The van der Waals surface area contributed by atoms with Crippen molar-refractivity contribution in [2.24, 2.45) is 0 Å². The van der Waals surface area contributed by atoms with E-state index in [1.807, 2.05) is 18.2 Å². The molecule has 0 fully saturated rings. The Balaban J connectivity index is 1.40. The average molecular weight is 413 g/mol. The summed E-state index contributed by atoms with van der Waals surface area (Å²) in [5.74, 6) is -0.912. The normalized spacial score (nSPS) is 10.8. The molecule has 0 atom stereocenters. The molecule has 0 bridgehead atoms. The van der Waals surface area contributed by atoms with Gasteiger partial charge in [-0.2, -0.15) is 0 Å². The molecule has 0 aliphatic carbocycles. The molecule has 0 saturated heterocycles. The number of oxazole rings is 1. The molecule has 1 aromatic heterocycles. The zero-order valence-corrected chi connectivity index (χ0v) is 16.9. The highest BCUT2D eigenvalue weighted by atomic mass is 19.1. The van der Waals surface area contributed by atoms with E-state index in [0.29, 0.717) is 18.9 Å². The molecule has 3 rings (SSSR count). The van der Waals surface area contributed by atoms with Crippen molar-refractivity contribution in [3.8, 4) is 11.3 Å². The third kappa shape index (κ3) is 5.89. The van der Waals surface area contributed by atoms with Crippen LogP contribution in [0, 0.1) is 11.6 Å². The smallest absolute Gasteiger partial charge is 0.220 e. The highest BCUT2D eigenvalue weighted by Crippen LogP contribution is 2.24. The SMILES string of the molecule is CCN(CCCNC(=O)CCc1ncc(-c2ccc(F)cc2F)o1)c1ccccc1. The number of nitrogens with one attached hydrogen (secondary N) is 1. The molecule has 30 heavy (non-hydrogen) atoms. The van der Waals surface area contributed by atoms with Crippen LogP contribution in [0.1, 0.15) is 25.7 Å². The molecule has 5 nitrogen and oxygen atoms in total. The largest absolute Gasteiger partial charge is 0.441 e. The fourth-order valence-corrected chi connectivity index (χ4v) is 3.15. The summed E-state index contributed by atoms with van der Waals surface area (Å²) in [5, 5.41) is 2.90. The molecular formula is C23H25F2N3O2. The topological polar surface area (TPSA) is 58.4 Å². The van der Waals surface area contributed by atoms with Crippen LogP contribution in [0.2, 0.25) is 0 Å². The van der Waals surface area contributed by atoms with Crippen molar-refractivity contribution >= 4 is 11.6 Å². The summed E-state index contributed by atoms with van der Waals surface area (Å²) in [6.45, 7) is 4.44. The second-order valence-electron chi connectivity index (χ2n) is 6.86. The molecule has 1 N–H and O–H groups in total. The second kappa shape index (κ2) is 10.5. The third-order valence-corrected chi connectivity index (χ3v) is 4.75. The van der Waals surface area contributed by atoms with E-state index in [1.165, 1.54) is 18.0 Å². The van der Waals surface area contributed by atoms with Crippen LogP contribution < -0.4 is 10.2 Å². The van der Waals surface area contributed by atoms with Crippen LogP contribution in [0.4, 0.5) is 14.5 Å². The van der Waals surface area contributed by atoms with Crippen LogP contribution >= 0.6 is 0 Å². The molecule has 0 aliphatic heterocycles. The first-order valence-electron chi connectivity index (χ1n) is 10.0. The Hall–Kier alpha value is -3.22.